The average Bonchev–Trinajstić information content (AvgIpc) is 3.12. The number of benzene rings is 1. The van der Waals surface area contributed by atoms with Gasteiger partial charge >= 0.3 is 12.4 Å². The van der Waals surface area contributed by atoms with Gasteiger partial charge in [-0.25, -0.2) is 4.52 Å². The number of piperidine rings is 2. The van der Waals surface area contributed by atoms with E-state index in [1.807, 2.05) is 4.90 Å². The summed E-state index contributed by atoms with van der Waals surface area (Å²) in [6.07, 6.45) is -7.49. The molecule has 3 fully saturated rings. The number of aromatic nitrogens is 3. The normalized spacial score (nSPS) is 27.1. The number of hydrogen-bond acceptors (Lipinski definition) is 4. The van der Waals surface area contributed by atoms with Gasteiger partial charge in [0.15, 0.2) is 5.65 Å². The molecule has 0 spiro atoms. The first kappa shape index (κ1) is 19.8. The van der Waals surface area contributed by atoms with Gasteiger partial charge < -0.3 is 10.2 Å². The maximum Gasteiger partial charge on any atom is 0.433 e. The van der Waals surface area contributed by atoms with Gasteiger partial charge in [0.05, 0.1) is 17.1 Å². The highest BCUT2D eigenvalue weighted by atomic mass is 19.4. The summed E-state index contributed by atoms with van der Waals surface area (Å²) in [5.74, 6) is 0.494. The van der Waals surface area contributed by atoms with Crippen molar-refractivity contribution < 1.29 is 26.3 Å². The molecule has 0 radical (unpaired) electrons. The Morgan fingerprint density at radius 1 is 0.969 bits per heavy atom. The lowest BCUT2D eigenvalue weighted by Crippen LogP contribution is -2.37. The molecule has 2 aromatic heterocycles. The van der Waals surface area contributed by atoms with Crippen molar-refractivity contribution in [3.63, 3.8) is 0 Å². The summed E-state index contributed by atoms with van der Waals surface area (Å²) in [5, 5.41) is 7.51. The summed E-state index contributed by atoms with van der Waals surface area (Å²) in [4.78, 5) is 6.31. The van der Waals surface area contributed by atoms with Crippen molar-refractivity contribution in [2.75, 3.05) is 18.0 Å². The molecule has 168 valence electrons. The van der Waals surface area contributed by atoms with E-state index < -0.39 is 23.6 Å². The maximum absolute atomic E-state index is 13.7. The van der Waals surface area contributed by atoms with Crippen LogP contribution < -0.4 is 10.2 Å². The number of halogens is 6. The van der Waals surface area contributed by atoms with Crippen molar-refractivity contribution in [3.8, 4) is 11.1 Å². The average molecular weight is 453 g/mol. The standard InChI is InChI=1S/C21H17F6N5/c22-20(23,24)14-4-2-1-3-12(14)13-5-6-15(21(25,26)27)32-17(13)29-18(30-32)31-16-11-7-8-19(16,31)10-28-9-11/h1-6,11,16,28H,7-10H2/t11-,16-,19-,31?/m0/s1. The molecule has 1 aliphatic carbocycles. The van der Waals surface area contributed by atoms with Crippen LogP contribution in [0.5, 0.6) is 0 Å². The molecule has 32 heavy (non-hydrogen) atoms. The second-order valence-electron chi connectivity index (χ2n) is 8.67. The number of pyridine rings is 1. The van der Waals surface area contributed by atoms with Gasteiger partial charge in [-0.15, -0.1) is 5.10 Å². The van der Waals surface area contributed by atoms with E-state index >= 15 is 0 Å². The first-order valence-electron chi connectivity index (χ1n) is 10.2. The van der Waals surface area contributed by atoms with Crippen LogP contribution in [0, 0.1) is 5.92 Å². The SMILES string of the molecule is FC(F)(F)c1ccccc1-c1ccc(C(F)(F)F)n2nc(N3[C@H]4[C@H]5CC[C@]43CNC5)nc12. The molecule has 11 heteroatoms. The molecule has 2 aliphatic heterocycles. The van der Waals surface area contributed by atoms with Crippen LogP contribution in [0.4, 0.5) is 32.3 Å². The van der Waals surface area contributed by atoms with Crippen molar-refractivity contribution in [2.24, 2.45) is 5.92 Å². The molecule has 1 saturated carbocycles. The van der Waals surface area contributed by atoms with Crippen LogP contribution in [0.15, 0.2) is 36.4 Å². The summed E-state index contributed by atoms with van der Waals surface area (Å²) in [7, 11) is 0. The molecule has 6 rings (SSSR count). The molecule has 2 bridgehead atoms. The minimum atomic E-state index is -4.74. The molecule has 5 nitrogen and oxygen atoms in total. The van der Waals surface area contributed by atoms with Gasteiger partial charge in [-0.3, -0.25) is 0 Å². The van der Waals surface area contributed by atoms with Gasteiger partial charge in [0.2, 0.25) is 5.95 Å². The van der Waals surface area contributed by atoms with Crippen LogP contribution in [-0.2, 0) is 12.4 Å². The predicted molar refractivity (Wildman–Crippen MR) is 103 cm³/mol. The fourth-order valence-corrected chi connectivity index (χ4v) is 5.64. The predicted octanol–water partition coefficient (Wildman–Crippen LogP) is 4.37. The number of hydrogen-bond donors (Lipinski definition) is 1. The number of fused-ring (bicyclic) bond motifs is 1. The van der Waals surface area contributed by atoms with E-state index in [4.69, 9.17) is 0 Å². The molecule has 1 N–H and O–H groups in total. The zero-order valence-corrected chi connectivity index (χ0v) is 16.5. The van der Waals surface area contributed by atoms with Gasteiger partial charge in [-0.2, -0.15) is 31.3 Å². The van der Waals surface area contributed by atoms with Crippen LogP contribution in [0.2, 0.25) is 0 Å². The van der Waals surface area contributed by atoms with Crippen molar-refractivity contribution in [3.05, 3.63) is 47.7 Å². The van der Waals surface area contributed by atoms with Crippen molar-refractivity contribution in [1.29, 1.82) is 0 Å². The van der Waals surface area contributed by atoms with Crippen molar-refractivity contribution in [1.82, 2.24) is 19.9 Å². The highest BCUT2D eigenvalue weighted by molar-refractivity contribution is 5.81. The molecule has 4 heterocycles. The second kappa shape index (κ2) is 6.15. The Morgan fingerprint density at radius 2 is 1.75 bits per heavy atom. The topological polar surface area (TPSA) is 45.2 Å². The van der Waals surface area contributed by atoms with E-state index in [1.165, 1.54) is 18.2 Å². The van der Waals surface area contributed by atoms with E-state index in [1.54, 1.807) is 0 Å². The Labute approximate surface area is 178 Å². The van der Waals surface area contributed by atoms with E-state index in [0.717, 1.165) is 37.6 Å². The summed E-state index contributed by atoms with van der Waals surface area (Å²) < 4.78 is 82.6. The summed E-state index contributed by atoms with van der Waals surface area (Å²) in [6, 6.07) is 6.76. The van der Waals surface area contributed by atoms with Crippen LogP contribution in [0.1, 0.15) is 24.1 Å². The zero-order valence-electron chi connectivity index (χ0n) is 16.5. The highest BCUT2D eigenvalue weighted by Gasteiger charge is 2.71. The largest absolute Gasteiger partial charge is 0.433 e. The van der Waals surface area contributed by atoms with E-state index in [2.05, 4.69) is 15.4 Å². The monoisotopic (exact) mass is 453 g/mol. The van der Waals surface area contributed by atoms with E-state index in [-0.39, 0.29) is 34.3 Å². The lowest BCUT2D eigenvalue weighted by atomic mass is 10.00. The Bertz CT molecular complexity index is 1230. The third-order valence-corrected chi connectivity index (χ3v) is 6.97. The van der Waals surface area contributed by atoms with Crippen LogP contribution in [0.25, 0.3) is 16.8 Å². The van der Waals surface area contributed by atoms with Crippen molar-refractivity contribution in [2.45, 2.75) is 36.8 Å². The minimum absolute atomic E-state index is 0.0460. The van der Waals surface area contributed by atoms with Gasteiger partial charge in [-0.1, -0.05) is 18.2 Å². The molecule has 3 aromatic rings. The number of rotatable bonds is 2. The van der Waals surface area contributed by atoms with Gasteiger partial charge in [0.25, 0.3) is 0 Å². The highest BCUT2D eigenvalue weighted by Crippen LogP contribution is 2.58. The molecule has 3 atom stereocenters. The van der Waals surface area contributed by atoms with E-state index in [9.17, 15) is 26.3 Å². The van der Waals surface area contributed by atoms with Crippen molar-refractivity contribution >= 4 is 11.6 Å². The molecular formula is C21H17F6N5. The second-order valence-corrected chi connectivity index (χ2v) is 8.67. The summed E-state index contributed by atoms with van der Waals surface area (Å²) >= 11 is 0. The molecule has 2 saturated heterocycles. The fraction of sp³-hybridized carbons (Fsp3) is 0.429. The van der Waals surface area contributed by atoms with Gasteiger partial charge in [0, 0.05) is 18.7 Å². The van der Waals surface area contributed by atoms with Crippen LogP contribution in [0.3, 0.4) is 0 Å². The van der Waals surface area contributed by atoms with Gasteiger partial charge in [0.1, 0.15) is 5.69 Å². The molecule has 3 aliphatic rings. The smallest absolute Gasteiger partial charge is 0.325 e. The maximum atomic E-state index is 13.7. The fourth-order valence-electron chi connectivity index (χ4n) is 5.64. The first-order chi connectivity index (χ1) is 15.1. The molecule has 0 amide bonds. The molecular weight excluding hydrogens is 436 g/mol. The minimum Gasteiger partial charge on any atom is -0.325 e. The van der Waals surface area contributed by atoms with Crippen LogP contribution >= 0.6 is 0 Å². The number of nitrogens with one attached hydrogen (secondary N) is 1. The lowest BCUT2D eigenvalue weighted by Gasteiger charge is -2.15. The van der Waals surface area contributed by atoms with Crippen LogP contribution in [-0.4, -0.2) is 39.3 Å². The number of nitrogens with zero attached hydrogens (tertiary/aromatic N) is 4. The molecule has 1 aromatic carbocycles. The third kappa shape index (κ3) is 2.63. The Balaban J connectivity index is 1.55. The lowest BCUT2D eigenvalue weighted by molar-refractivity contribution is -0.142. The first-order valence-corrected chi connectivity index (χ1v) is 10.2. The number of anilines is 1. The Kier molecular flexibility index (Phi) is 3.81. The summed E-state index contributed by atoms with van der Waals surface area (Å²) in [5.41, 5.74) is -2.75. The van der Waals surface area contributed by atoms with Gasteiger partial charge in [-0.05, 0) is 42.5 Å². The quantitative estimate of drug-likeness (QED) is 0.462. The van der Waals surface area contributed by atoms with E-state index in [0.29, 0.717) is 17.0 Å². The summed E-state index contributed by atoms with van der Waals surface area (Å²) in [6.45, 7) is 1.52. The molecule has 0 unspecified atom stereocenters. The Morgan fingerprint density at radius 3 is 2.47 bits per heavy atom. The third-order valence-electron chi connectivity index (χ3n) is 6.97. The number of alkyl halides is 6. The zero-order chi connectivity index (χ0) is 22.5. The Hall–Kier alpha value is -2.82.